The van der Waals surface area contributed by atoms with Crippen molar-refractivity contribution in [2.45, 2.75) is 17.7 Å². The Labute approximate surface area is 150 Å². The predicted molar refractivity (Wildman–Crippen MR) is 93.8 cm³/mol. The summed E-state index contributed by atoms with van der Waals surface area (Å²) < 4.78 is 22.6. The van der Waals surface area contributed by atoms with Gasteiger partial charge in [-0.25, -0.2) is 13.6 Å². The average Bonchev–Trinajstić information content (AvgIpc) is 2.88. The maximum absolute atomic E-state index is 12.6. The summed E-state index contributed by atoms with van der Waals surface area (Å²) in [5, 5.41) is 5.03. The fourth-order valence-corrected chi connectivity index (χ4v) is 3.39. The molecule has 1 fully saturated rings. The summed E-state index contributed by atoms with van der Waals surface area (Å²) in [7, 11) is -3.86. The Balaban J connectivity index is 1.78. The van der Waals surface area contributed by atoms with Crippen molar-refractivity contribution >= 4 is 33.3 Å². The zero-order chi connectivity index (χ0) is 18.9. The highest BCUT2D eigenvalue weighted by Crippen LogP contribution is 2.29. The quantitative estimate of drug-likeness (QED) is 0.631. The minimum absolute atomic E-state index is 0.0552. The van der Waals surface area contributed by atoms with Gasteiger partial charge in [-0.3, -0.25) is 19.3 Å². The third-order valence-electron chi connectivity index (χ3n) is 4.19. The molecular formula is C18H16N2O5S. The molecule has 0 saturated carbocycles. The smallest absolute Gasteiger partial charge is 0.238 e. The van der Waals surface area contributed by atoms with Crippen molar-refractivity contribution in [2.75, 3.05) is 4.90 Å². The first-order valence-electron chi connectivity index (χ1n) is 7.85. The molecule has 1 atom stereocenters. The van der Waals surface area contributed by atoms with Gasteiger partial charge in [-0.15, -0.1) is 0 Å². The Morgan fingerprint density at radius 3 is 2.23 bits per heavy atom. The number of primary sulfonamides is 1. The standard InChI is InChI=1S/C18H16N2O5S/c19-26(24,25)15-8-6-14(7-9-15)20-17(22)11-13(18(20)23)10-16(21)12-4-2-1-3-5-12/h1-9,13H,10-11H2,(H2,19,24,25). The van der Waals surface area contributed by atoms with Crippen LogP contribution in [0, 0.1) is 5.92 Å². The van der Waals surface area contributed by atoms with Crippen molar-refractivity contribution in [1.29, 1.82) is 0 Å². The van der Waals surface area contributed by atoms with Gasteiger partial charge < -0.3 is 0 Å². The maximum atomic E-state index is 12.6. The van der Waals surface area contributed by atoms with E-state index in [0.29, 0.717) is 5.56 Å². The summed E-state index contributed by atoms with van der Waals surface area (Å²) in [6.45, 7) is 0. The summed E-state index contributed by atoms with van der Waals surface area (Å²) in [5.41, 5.74) is 0.741. The molecule has 2 aromatic carbocycles. The van der Waals surface area contributed by atoms with E-state index < -0.39 is 27.8 Å². The topological polar surface area (TPSA) is 115 Å². The SMILES string of the molecule is NS(=O)(=O)c1ccc(N2C(=O)CC(CC(=O)c3ccccc3)C2=O)cc1. The van der Waals surface area contributed by atoms with Crippen LogP contribution in [0.1, 0.15) is 23.2 Å². The molecule has 2 amide bonds. The number of benzene rings is 2. The summed E-state index contributed by atoms with van der Waals surface area (Å²) in [6.07, 6.45) is -0.116. The first-order chi connectivity index (χ1) is 12.3. The molecule has 0 aliphatic carbocycles. The van der Waals surface area contributed by atoms with E-state index in [-0.39, 0.29) is 29.2 Å². The molecule has 1 aliphatic rings. The lowest BCUT2D eigenvalue weighted by molar-refractivity contribution is -0.122. The van der Waals surface area contributed by atoms with E-state index in [1.54, 1.807) is 30.3 Å². The van der Waals surface area contributed by atoms with Gasteiger partial charge in [-0.2, -0.15) is 0 Å². The van der Waals surface area contributed by atoms with Gasteiger partial charge in [-0.05, 0) is 24.3 Å². The lowest BCUT2D eigenvalue weighted by Gasteiger charge is -2.15. The lowest BCUT2D eigenvalue weighted by Crippen LogP contribution is -2.31. The number of hydrogen-bond donors (Lipinski definition) is 1. The number of sulfonamides is 1. The molecule has 1 aliphatic heterocycles. The monoisotopic (exact) mass is 372 g/mol. The van der Waals surface area contributed by atoms with E-state index >= 15 is 0 Å². The van der Waals surface area contributed by atoms with Crippen LogP contribution in [0.15, 0.2) is 59.5 Å². The van der Waals surface area contributed by atoms with Crippen LogP contribution in [0.2, 0.25) is 0 Å². The van der Waals surface area contributed by atoms with Gasteiger partial charge in [0.2, 0.25) is 21.8 Å². The first-order valence-corrected chi connectivity index (χ1v) is 9.40. The molecule has 1 heterocycles. The number of Topliss-reactive ketones (excluding diaryl/α,β-unsaturated/α-hetero) is 1. The minimum atomic E-state index is -3.86. The third-order valence-corrected chi connectivity index (χ3v) is 5.12. The number of imide groups is 1. The number of carbonyl (C=O) groups is 3. The second-order valence-corrected chi connectivity index (χ2v) is 7.56. The lowest BCUT2D eigenvalue weighted by atomic mass is 9.97. The number of anilines is 1. The number of nitrogens with zero attached hydrogens (tertiary/aromatic N) is 1. The van der Waals surface area contributed by atoms with Crippen molar-refractivity contribution in [3.8, 4) is 0 Å². The van der Waals surface area contributed by atoms with Crippen LogP contribution in [0.4, 0.5) is 5.69 Å². The van der Waals surface area contributed by atoms with Crippen molar-refractivity contribution in [3.05, 3.63) is 60.2 Å². The summed E-state index contributed by atoms with van der Waals surface area (Å²) in [4.78, 5) is 38.0. The second kappa shape index (κ2) is 6.81. The van der Waals surface area contributed by atoms with Gasteiger partial charge in [0.25, 0.3) is 0 Å². The van der Waals surface area contributed by atoms with E-state index in [1.807, 2.05) is 0 Å². The molecule has 8 heteroatoms. The molecular weight excluding hydrogens is 356 g/mol. The van der Waals surface area contributed by atoms with Crippen LogP contribution in [0.25, 0.3) is 0 Å². The van der Waals surface area contributed by atoms with Gasteiger partial charge in [-0.1, -0.05) is 30.3 Å². The van der Waals surface area contributed by atoms with Crippen LogP contribution in [0.3, 0.4) is 0 Å². The Hall–Kier alpha value is -2.84. The molecule has 134 valence electrons. The highest BCUT2D eigenvalue weighted by molar-refractivity contribution is 7.89. The van der Waals surface area contributed by atoms with Gasteiger partial charge in [0, 0.05) is 18.4 Å². The number of carbonyl (C=O) groups excluding carboxylic acids is 3. The number of ketones is 1. The largest absolute Gasteiger partial charge is 0.294 e. The van der Waals surface area contributed by atoms with Crippen molar-refractivity contribution in [3.63, 3.8) is 0 Å². The van der Waals surface area contributed by atoms with Gasteiger partial charge in [0.15, 0.2) is 5.78 Å². The first kappa shape index (κ1) is 18.0. The van der Waals surface area contributed by atoms with Crippen LogP contribution in [-0.4, -0.2) is 26.0 Å². The van der Waals surface area contributed by atoms with E-state index in [0.717, 1.165) is 4.90 Å². The fraction of sp³-hybridized carbons (Fsp3) is 0.167. The van der Waals surface area contributed by atoms with Crippen molar-refractivity contribution in [1.82, 2.24) is 0 Å². The maximum Gasteiger partial charge on any atom is 0.238 e. The third kappa shape index (κ3) is 3.56. The Kier molecular flexibility index (Phi) is 4.71. The number of rotatable bonds is 5. The Morgan fingerprint density at radius 2 is 1.65 bits per heavy atom. The van der Waals surface area contributed by atoms with Crippen molar-refractivity contribution in [2.24, 2.45) is 11.1 Å². The van der Waals surface area contributed by atoms with Crippen LogP contribution in [0.5, 0.6) is 0 Å². The van der Waals surface area contributed by atoms with Gasteiger partial charge in [0.05, 0.1) is 16.5 Å². The molecule has 1 saturated heterocycles. The average molecular weight is 372 g/mol. The Morgan fingerprint density at radius 1 is 1.04 bits per heavy atom. The van der Waals surface area contributed by atoms with Crippen LogP contribution < -0.4 is 10.0 Å². The van der Waals surface area contributed by atoms with Gasteiger partial charge >= 0.3 is 0 Å². The second-order valence-electron chi connectivity index (χ2n) is 6.00. The molecule has 3 rings (SSSR count). The molecule has 2 aromatic rings. The number of hydrogen-bond acceptors (Lipinski definition) is 5. The molecule has 2 N–H and O–H groups in total. The molecule has 0 radical (unpaired) electrons. The number of amides is 2. The molecule has 7 nitrogen and oxygen atoms in total. The fourth-order valence-electron chi connectivity index (χ4n) is 2.88. The van der Waals surface area contributed by atoms with Crippen LogP contribution in [-0.2, 0) is 19.6 Å². The molecule has 1 unspecified atom stereocenters. The normalized spacial score (nSPS) is 17.6. The summed E-state index contributed by atoms with van der Waals surface area (Å²) in [5.74, 6) is -1.83. The van der Waals surface area contributed by atoms with E-state index in [4.69, 9.17) is 5.14 Å². The predicted octanol–water partition coefficient (Wildman–Crippen LogP) is 1.49. The molecule has 0 aromatic heterocycles. The van der Waals surface area contributed by atoms with E-state index in [9.17, 15) is 22.8 Å². The van der Waals surface area contributed by atoms with E-state index in [2.05, 4.69) is 0 Å². The van der Waals surface area contributed by atoms with Crippen LogP contribution >= 0.6 is 0 Å². The van der Waals surface area contributed by atoms with E-state index in [1.165, 1.54) is 24.3 Å². The van der Waals surface area contributed by atoms with Crippen molar-refractivity contribution < 1.29 is 22.8 Å². The highest BCUT2D eigenvalue weighted by atomic mass is 32.2. The summed E-state index contributed by atoms with van der Waals surface area (Å²) >= 11 is 0. The zero-order valence-corrected chi connectivity index (χ0v) is 14.5. The summed E-state index contributed by atoms with van der Waals surface area (Å²) in [6, 6.07) is 13.7. The number of nitrogens with two attached hydrogens (primary N) is 1. The van der Waals surface area contributed by atoms with Gasteiger partial charge in [0.1, 0.15) is 0 Å². The minimum Gasteiger partial charge on any atom is -0.294 e. The molecule has 26 heavy (non-hydrogen) atoms. The highest BCUT2D eigenvalue weighted by Gasteiger charge is 2.40. The Bertz CT molecular complexity index is 968. The molecule has 0 bridgehead atoms. The zero-order valence-electron chi connectivity index (χ0n) is 13.7. The molecule has 0 spiro atoms.